The standard InChI is InChI=1S/C15H22N2O2/c1-11-5-3-7-14(12(11)2)16-15(19)9-17-8-4-6-13(17)10-18/h3,5,7,13,18H,4,6,8-10H2,1-2H3,(H,16,19). The number of nitrogens with one attached hydrogen (secondary N) is 1. The average molecular weight is 262 g/mol. The van der Waals surface area contributed by atoms with E-state index < -0.39 is 0 Å². The quantitative estimate of drug-likeness (QED) is 0.868. The summed E-state index contributed by atoms with van der Waals surface area (Å²) < 4.78 is 0. The van der Waals surface area contributed by atoms with Crippen LogP contribution in [0.3, 0.4) is 0 Å². The summed E-state index contributed by atoms with van der Waals surface area (Å²) in [4.78, 5) is 14.1. The van der Waals surface area contributed by atoms with Gasteiger partial charge in [0, 0.05) is 11.7 Å². The molecule has 1 saturated heterocycles. The van der Waals surface area contributed by atoms with Crippen LogP contribution in [0.15, 0.2) is 18.2 Å². The van der Waals surface area contributed by atoms with Gasteiger partial charge in [0.15, 0.2) is 0 Å². The lowest BCUT2D eigenvalue weighted by Gasteiger charge is -2.22. The van der Waals surface area contributed by atoms with Gasteiger partial charge in [-0.2, -0.15) is 0 Å². The van der Waals surface area contributed by atoms with Crippen molar-refractivity contribution in [3.8, 4) is 0 Å². The minimum Gasteiger partial charge on any atom is -0.395 e. The van der Waals surface area contributed by atoms with Gasteiger partial charge in [0.1, 0.15) is 0 Å². The fourth-order valence-corrected chi connectivity index (χ4v) is 2.57. The first-order valence-electron chi connectivity index (χ1n) is 6.83. The summed E-state index contributed by atoms with van der Waals surface area (Å²) in [5.74, 6) is -0.00551. The van der Waals surface area contributed by atoms with Gasteiger partial charge in [-0.3, -0.25) is 9.69 Å². The van der Waals surface area contributed by atoms with Crippen molar-refractivity contribution < 1.29 is 9.90 Å². The average Bonchev–Trinajstić information content (AvgIpc) is 2.82. The highest BCUT2D eigenvalue weighted by Gasteiger charge is 2.25. The van der Waals surface area contributed by atoms with E-state index >= 15 is 0 Å². The molecule has 1 heterocycles. The number of aliphatic hydroxyl groups excluding tert-OH is 1. The molecule has 0 aromatic heterocycles. The van der Waals surface area contributed by atoms with Crippen molar-refractivity contribution in [1.82, 2.24) is 4.90 Å². The van der Waals surface area contributed by atoms with E-state index in [1.165, 1.54) is 5.56 Å². The number of hydrogen-bond acceptors (Lipinski definition) is 3. The fraction of sp³-hybridized carbons (Fsp3) is 0.533. The highest BCUT2D eigenvalue weighted by Crippen LogP contribution is 2.19. The zero-order chi connectivity index (χ0) is 13.8. The van der Waals surface area contributed by atoms with Crippen LogP contribution in [0.25, 0.3) is 0 Å². The number of anilines is 1. The van der Waals surface area contributed by atoms with Gasteiger partial charge >= 0.3 is 0 Å². The smallest absolute Gasteiger partial charge is 0.238 e. The number of amides is 1. The van der Waals surface area contributed by atoms with E-state index in [1.807, 2.05) is 32.0 Å². The monoisotopic (exact) mass is 262 g/mol. The minimum absolute atomic E-state index is 0.00551. The molecule has 4 nitrogen and oxygen atoms in total. The third-order valence-electron chi connectivity index (χ3n) is 3.94. The highest BCUT2D eigenvalue weighted by atomic mass is 16.3. The van der Waals surface area contributed by atoms with Gasteiger partial charge in [-0.25, -0.2) is 0 Å². The number of hydrogen-bond donors (Lipinski definition) is 2. The van der Waals surface area contributed by atoms with Crippen LogP contribution in [0.2, 0.25) is 0 Å². The first-order chi connectivity index (χ1) is 9.11. The summed E-state index contributed by atoms with van der Waals surface area (Å²) in [6.45, 7) is 5.44. The Kier molecular flexibility index (Phi) is 4.56. The molecule has 1 amide bonds. The molecule has 0 spiro atoms. The van der Waals surface area contributed by atoms with Crippen LogP contribution in [0.1, 0.15) is 24.0 Å². The first-order valence-corrected chi connectivity index (χ1v) is 6.83. The number of likely N-dealkylation sites (tertiary alicyclic amines) is 1. The highest BCUT2D eigenvalue weighted by molar-refractivity contribution is 5.93. The van der Waals surface area contributed by atoms with Crippen molar-refractivity contribution in [3.63, 3.8) is 0 Å². The molecule has 2 N–H and O–H groups in total. The number of benzene rings is 1. The molecule has 0 saturated carbocycles. The predicted octanol–water partition coefficient (Wildman–Crippen LogP) is 1.70. The van der Waals surface area contributed by atoms with Crippen molar-refractivity contribution in [3.05, 3.63) is 29.3 Å². The molecule has 1 aromatic carbocycles. The molecule has 0 radical (unpaired) electrons. The summed E-state index contributed by atoms with van der Waals surface area (Å²) in [6.07, 6.45) is 2.04. The van der Waals surface area contributed by atoms with Crippen molar-refractivity contribution in [2.24, 2.45) is 0 Å². The van der Waals surface area contributed by atoms with E-state index in [1.54, 1.807) is 0 Å². The molecule has 2 rings (SSSR count). The predicted molar refractivity (Wildman–Crippen MR) is 76.2 cm³/mol. The van der Waals surface area contributed by atoms with Crippen LogP contribution in [0.5, 0.6) is 0 Å². The van der Waals surface area contributed by atoms with Crippen LogP contribution < -0.4 is 5.32 Å². The molecule has 1 aliphatic heterocycles. The largest absolute Gasteiger partial charge is 0.395 e. The lowest BCUT2D eigenvalue weighted by molar-refractivity contribution is -0.117. The van der Waals surface area contributed by atoms with Crippen LogP contribution in [-0.4, -0.2) is 41.7 Å². The van der Waals surface area contributed by atoms with E-state index in [0.29, 0.717) is 6.54 Å². The lowest BCUT2D eigenvalue weighted by atomic mass is 10.1. The third kappa shape index (κ3) is 3.33. The fourth-order valence-electron chi connectivity index (χ4n) is 2.57. The van der Waals surface area contributed by atoms with Gasteiger partial charge < -0.3 is 10.4 Å². The normalized spacial score (nSPS) is 19.6. The molecular formula is C15H22N2O2. The van der Waals surface area contributed by atoms with Gasteiger partial charge in [0.05, 0.1) is 13.2 Å². The lowest BCUT2D eigenvalue weighted by Crippen LogP contribution is -2.38. The van der Waals surface area contributed by atoms with Gasteiger partial charge in [-0.1, -0.05) is 12.1 Å². The van der Waals surface area contributed by atoms with Crippen LogP contribution >= 0.6 is 0 Å². The van der Waals surface area contributed by atoms with Gasteiger partial charge in [-0.15, -0.1) is 0 Å². The Morgan fingerprint density at radius 1 is 1.47 bits per heavy atom. The summed E-state index contributed by atoms with van der Waals surface area (Å²) in [7, 11) is 0. The number of aliphatic hydroxyl groups is 1. The molecule has 1 aromatic rings. The Balaban J connectivity index is 1.96. The SMILES string of the molecule is Cc1cccc(NC(=O)CN2CCCC2CO)c1C. The molecular weight excluding hydrogens is 240 g/mol. The van der Waals surface area contributed by atoms with E-state index in [0.717, 1.165) is 30.6 Å². The molecule has 4 heteroatoms. The minimum atomic E-state index is -0.00551. The Morgan fingerprint density at radius 2 is 2.26 bits per heavy atom. The second-order valence-corrected chi connectivity index (χ2v) is 5.24. The summed E-state index contributed by atoms with van der Waals surface area (Å²) >= 11 is 0. The Hall–Kier alpha value is -1.39. The van der Waals surface area contributed by atoms with E-state index in [-0.39, 0.29) is 18.6 Å². The third-order valence-corrected chi connectivity index (χ3v) is 3.94. The second kappa shape index (κ2) is 6.17. The Morgan fingerprint density at radius 3 is 3.00 bits per heavy atom. The maximum Gasteiger partial charge on any atom is 0.238 e. The maximum atomic E-state index is 12.1. The van der Waals surface area contributed by atoms with Crippen molar-refractivity contribution in [2.75, 3.05) is 25.0 Å². The van der Waals surface area contributed by atoms with E-state index in [4.69, 9.17) is 0 Å². The van der Waals surface area contributed by atoms with Gasteiger partial charge in [-0.05, 0) is 50.4 Å². The van der Waals surface area contributed by atoms with Crippen LogP contribution in [-0.2, 0) is 4.79 Å². The van der Waals surface area contributed by atoms with Gasteiger partial charge in [0.25, 0.3) is 0 Å². The second-order valence-electron chi connectivity index (χ2n) is 5.24. The molecule has 19 heavy (non-hydrogen) atoms. The van der Waals surface area contributed by atoms with Crippen molar-refractivity contribution >= 4 is 11.6 Å². The summed E-state index contributed by atoms with van der Waals surface area (Å²) in [6, 6.07) is 6.05. The maximum absolute atomic E-state index is 12.1. The number of carbonyl (C=O) groups excluding carboxylic acids is 1. The number of rotatable bonds is 4. The number of nitrogens with zero attached hydrogens (tertiary/aromatic N) is 1. The Bertz CT molecular complexity index is 459. The van der Waals surface area contributed by atoms with Crippen LogP contribution in [0, 0.1) is 13.8 Å². The van der Waals surface area contributed by atoms with E-state index in [9.17, 15) is 9.90 Å². The molecule has 1 aliphatic rings. The zero-order valence-corrected chi connectivity index (χ0v) is 11.6. The molecule has 104 valence electrons. The Labute approximate surface area is 114 Å². The topological polar surface area (TPSA) is 52.6 Å². The molecule has 0 bridgehead atoms. The van der Waals surface area contributed by atoms with Crippen molar-refractivity contribution in [1.29, 1.82) is 0 Å². The summed E-state index contributed by atoms with van der Waals surface area (Å²) in [5, 5.41) is 12.2. The number of aryl methyl sites for hydroxylation is 1. The molecule has 1 atom stereocenters. The molecule has 1 fully saturated rings. The molecule has 0 aliphatic carbocycles. The zero-order valence-electron chi connectivity index (χ0n) is 11.6. The molecule has 1 unspecified atom stereocenters. The van der Waals surface area contributed by atoms with Gasteiger partial charge in [0.2, 0.25) is 5.91 Å². The number of carbonyl (C=O) groups is 1. The van der Waals surface area contributed by atoms with E-state index in [2.05, 4.69) is 10.2 Å². The summed E-state index contributed by atoms with van der Waals surface area (Å²) in [5.41, 5.74) is 3.16. The van der Waals surface area contributed by atoms with Crippen LogP contribution in [0.4, 0.5) is 5.69 Å². The first kappa shape index (κ1) is 14.0. The van der Waals surface area contributed by atoms with Crippen molar-refractivity contribution in [2.45, 2.75) is 32.7 Å².